The molecule has 0 saturated carbocycles. The van der Waals surface area contributed by atoms with Crippen molar-refractivity contribution < 1.29 is 0 Å². The minimum Gasteiger partial charge on any atom is -0.316 e. The molecule has 0 aromatic heterocycles. The number of piperidine rings is 1. The summed E-state index contributed by atoms with van der Waals surface area (Å²) in [7, 11) is 4.42. The number of nitrogens with zero attached hydrogens (tertiary/aromatic N) is 2. The van der Waals surface area contributed by atoms with E-state index in [1.54, 1.807) is 0 Å². The van der Waals surface area contributed by atoms with E-state index in [1.165, 1.54) is 45.3 Å². The molecular formula is C16H35N3. The summed E-state index contributed by atoms with van der Waals surface area (Å²) in [5, 5.41) is 3.54. The lowest BCUT2D eigenvalue weighted by Gasteiger charge is -2.38. The molecule has 0 aromatic rings. The molecule has 0 bridgehead atoms. The van der Waals surface area contributed by atoms with E-state index in [9.17, 15) is 0 Å². The first-order valence-electron chi connectivity index (χ1n) is 8.12. The molecule has 1 saturated heterocycles. The van der Waals surface area contributed by atoms with Gasteiger partial charge >= 0.3 is 0 Å². The van der Waals surface area contributed by atoms with Crippen molar-refractivity contribution in [3.63, 3.8) is 0 Å². The van der Waals surface area contributed by atoms with Gasteiger partial charge in [0.25, 0.3) is 0 Å². The van der Waals surface area contributed by atoms with Crippen LogP contribution in [0.25, 0.3) is 0 Å². The van der Waals surface area contributed by atoms with Crippen LogP contribution >= 0.6 is 0 Å². The highest BCUT2D eigenvalue weighted by Gasteiger charge is 2.23. The van der Waals surface area contributed by atoms with Gasteiger partial charge in [-0.1, -0.05) is 13.8 Å². The van der Waals surface area contributed by atoms with Gasteiger partial charge in [0.15, 0.2) is 0 Å². The maximum absolute atomic E-state index is 3.54. The summed E-state index contributed by atoms with van der Waals surface area (Å²) in [6.45, 7) is 11.8. The zero-order valence-electron chi connectivity index (χ0n) is 13.8. The summed E-state index contributed by atoms with van der Waals surface area (Å²) in [6, 6.07) is 1.56. The second-order valence-electron chi connectivity index (χ2n) is 6.82. The van der Waals surface area contributed by atoms with Gasteiger partial charge in [-0.3, -0.25) is 0 Å². The van der Waals surface area contributed by atoms with Crippen molar-refractivity contribution in [2.75, 3.05) is 40.3 Å². The van der Waals surface area contributed by atoms with Gasteiger partial charge in [0.2, 0.25) is 0 Å². The largest absolute Gasteiger partial charge is 0.316 e. The van der Waals surface area contributed by atoms with Gasteiger partial charge in [-0.05, 0) is 78.8 Å². The Kier molecular flexibility index (Phi) is 7.96. The highest BCUT2D eigenvalue weighted by molar-refractivity contribution is 4.79. The van der Waals surface area contributed by atoms with Crippen molar-refractivity contribution >= 4 is 0 Å². The molecule has 1 unspecified atom stereocenters. The van der Waals surface area contributed by atoms with E-state index in [0.29, 0.717) is 0 Å². The van der Waals surface area contributed by atoms with E-state index in [0.717, 1.165) is 24.5 Å². The standard InChI is InChI=1S/C16H35N3/c1-14(2)13-17-10-6-7-15(3)19-11-8-16(9-12-19)18(4)5/h14-17H,6-13H2,1-5H3. The zero-order chi connectivity index (χ0) is 14.3. The SMILES string of the molecule is CC(C)CNCCCC(C)N1CCC(N(C)C)CC1. The number of hydrogen-bond donors (Lipinski definition) is 1. The van der Waals surface area contributed by atoms with Gasteiger partial charge in [0.05, 0.1) is 0 Å². The minimum absolute atomic E-state index is 0.754. The Hall–Kier alpha value is -0.120. The molecule has 1 aliphatic rings. The molecule has 1 N–H and O–H groups in total. The molecular weight excluding hydrogens is 234 g/mol. The molecule has 114 valence electrons. The maximum Gasteiger partial charge on any atom is 0.0113 e. The molecule has 0 amide bonds. The molecule has 0 aliphatic carbocycles. The van der Waals surface area contributed by atoms with Crippen LogP contribution in [-0.2, 0) is 0 Å². The molecule has 0 radical (unpaired) electrons. The fraction of sp³-hybridized carbons (Fsp3) is 1.00. The molecule has 0 aromatic carbocycles. The lowest BCUT2D eigenvalue weighted by Crippen LogP contribution is -2.45. The predicted octanol–water partition coefficient (Wildman–Crippen LogP) is 2.43. The summed E-state index contributed by atoms with van der Waals surface area (Å²) in [5.41, 5.74) is 0. The van der Waals surface area contributed by atoms with Crippen LogP contribution in [0.1, 0.15) is 46.5 Å². The van der Waals surface area contributed by atoms with Crippen LogP contribution in [0.5, 0.6) is 0 Å². The molecule has 1 heterocycles. The monoisotopic (exact) mass is 269 g/mol. The Morgan fingerprint density at radius 2 is 1.79 bits per heavy atom. The van der Waals surface area contributed by atoms with Crippen molar-refractivity contribution in [2.24, 2.45) is 5.92 Å². The van der Waals surface area contributed by atoms with Crippen molar-refractivity contribution in [3.05, 3.63) is 0 Å². The van der Waals surface area contributed by atoms with E-state index in [1.807, 2.05) is 0 Å². The summed E-state index contributed by atoms with van der Waals surface area (Å²) in [5.74, 6) is 0.766. The molecule has 1 aliphatic heterocycles. The Labute approximate surface area is 120 Å². The average molecular weight is 269 g/mol. The molecule has 0 spiro atoms. The Bertz CT molecular complexity index is 220. The van der Waals surface area contributed by atoms with E-state index >= 15 is 0 Å². The molecule has 1 fully saturated rings. The van der Waals surface area contributed by atoms with Gasteiger partial charge in [-0.15, -0.1) is 0 Å². The highest BCUT2D eigenvalue weighted by Crippen LogP contribution is 2.18. The van der Waals surface area contributed by atoms with E-state index in [4.69, 9.17) is 0 Å². The van der Waals surface area contributed by atoms with Gasteiger partial charge in [0, 0.05) is 12.1 Å². The minimum atomic E-state index is 0.754. The van der Waals surface area contributed by atoms with Crippen molar-refractivity contribution in [1.82, 2.24) is 15.1 Å². The van der Waals surface area contributed by atoms with Crippen LogP contribution in [0.3, 0.4) is 0 Å². The third kappa shape index (κ3) is 6.73. The predicted molar refractivity (Wildman–Crippen MR) is 84.7 cm³/mol. The number of rotatable bonds is 8. The number of hydrogen-bond acceptors (Lipinski definition) is 3. The summed E-state index contributed by atoms with van der Waals surface area (Å²) >= 11 is 0. The van der Waals surface area contributed by atoms with Crippen LogP contribution in [0.2, 0.25) is 0 Å². The Balaban J connectivity index is 2.09. The first-order chi connectivity index (χ1) is 9.00. The van der Waals surface area contributed by atoms with Crippen LogP contribution in [0, 0.1) is 5.92 Å². The fourth-order valence-electron chi connectivity index (χ4n) is 2.94. The smallest absolute Gasteiger partial charge is 0.0113 e. The lowest BCUT2D eigenvalue weighted by molar-refractivity contribution is 0.110. The number of nitrogens with one attached hydrogen (secondary N) is 1. The van der Waals surface area contributed by atoms with Crippen molar-refractivity contribution in [3.8, 4) is 0 Å². The second-order valence-corrected chi connectivity index (χ2v) is 6.82. The van der Waals surface area contributed by atoms with Gasteiger partial charge in [-0.25, -0.2) is 0 Å². The molecule has 3 heteroatoms. The summed E-state index contributed by atoms with van der Waals surface area (Å²) in [4.78, 5) is 5.07. The van der Waals surface area contributed by atoms with Gasteiger partial charge in [0.1, 0.15) is 0 Å². The van der Waals surface area contributed by atoms with Gasteiger partial charge in [-0.2, -0.15) is 0 Å². The highest BCUT2D eigenvalue weighted by atomic mass is 15.2. The first kappa shape index (κ1) is 16.9. The quantitative estimate of drug-likeness (QED) is 0.683. The molecule has 3 nitrogen and oxygen atoms in total. The van der Waals surface area contributed by atoms with Gasteiger partial charge < -0.3 is 15.1 Å². The average Bonchev–Trinajstić information content (AvgIpc) is 2.37. The maximum atomic E-state index is 3.54. The van der Waals surface area contributed by atoms with E-state index < -0.39 is 0 Å². The van der Waals surface area contributed by atoms with Crippen LogP contribution in [0.15, 0.2) is 0 Å². The van der Waals surface area contributed by atoms with Crippen LogP contribution < -0.4 is 5.32 Å². The second kappa shape index (κ2) is 8.93. The van der Waals surface area contributed by atoms with Crippen LogP contribution in [-0.4, -0.2) is 62.2 Å². The number of likely N-dealkylation sites (tertiary alicyclic amines) is 1. The molecule has 19 heavy (non-hydrogen) atoms. The summed E-state index contributed by atoms with van der Waals surface area (Å²) in [6.07, 6.45) is 5.31. The lowest BCUT2D eigenvalue weighted by atomic mass is 10.0. The molecule has 1 atom stereocenters. The van der Waals surface area contributed by atoms with E-state index in [-0.39, 0.29) is 0 Å². The Morgan fingerprint density at radius 1 is 1.16 bits per heavy atom. The summed E-state index contributed by atoms with van der Waals surface area (Å²) < 4.78 is 0. The van der Waals surface area contributed by atoms with E-state index in [2.05, 4.69) is 50.0 Å². The fourth-order valence-corrected chi connectivity index (χ4v) is 2.94. The third-order valence-corrected chi connectivity index (χ3v) is 4.38. The van der Waals surface area contributed by atoms with Crippen LogP contribution in [0.4, 0.5) is 0 Å². The third-order valence-electron chi connectivity index (χ3n) is 4.38. The Morgan fingerprint density at radius 3 is 2.32 bits per heavy atom. The normalized spacial score (nSPS) is 20.4. The van der Waals surface area contributed by atoms with Crippen molar-refractivity contribution in [2.45, 2.75) is 58.5 Å². The van der Waals surface area contributed by atoms with Crippen molar-refractivity contribution in [1.29, 1.82) is 0 Å². The zero-order valence-corrected chi connectivity index (χ0v) is 13.8. The first-order valence-corrected chi connectivity index (χ1v) is 8.12. The molecule has 1 rings (SSSR count). The topological polar surface area (TPSA) is 18.5 Å².